The van der Waals surface area contributed by atoms with Crippen molar-refractivity contribution in [2.24, 2.45) is 11.8 Å². The third kappa shape index (κ3) is 6.13. The van der Waals surface area contributed by atoms with Crippen LogP contribution in [-0.4, -0.2) is 0 Å². The molecule has 6 heteroatoms. The van der Waals surface area contributed by atoms with Gasteiger partial charge in [0.1, 0.15) is 23.0 Å². The first-order chi connectivity index (χ1) is 17.2. The highest BCUT2D eigenvalue weighted by Crippen LogP contribution is 2.35. The number of fused-ring (bicyclic) bond motifs is 1. The molecule has 4 rings (SSSR count). The third-order valence-corrected chi connectivity index (χ3v) is 7.47. The van der Waals surface area contributed by atoms with Crippen molar-refractivity contribution < 1.29 is 26.3 Å². The van der Waals surface area contributed by atoms with Gasteiger partial charge in [-0.05, 0) is 91.0 Å². The highest BCUT2D eigenvalue weighted by atomic mass is 19.4. The van der Waals surface area contributed by atoms with E-state index in [9.17, 15) is 22.0 Å². The van der Waals surface area contributed by atoms with Crippen molar-refractivity contribution in [2.75, 3.05) is 0 Å². The van der Waals surface area contributed by atoms with Crippen molar-refractivity contribution in [1.29, 1.82) is 0 Å². The summed E-state index contributed by atoms with van der Waals surface area (Å²) in [5.41, 5.74) is -0.337. The molecule has 0 saturated heterocycles. The lowest BCUT2D eigenvalue weighted by Crippen LogP contribution is -2.14. The summed E-state index contributed by atoms with van der Waals surface area (Å²) in [6.07, 6.45) is 5.21. The largest absolute Gasteiger partial charge is 0.422 e. The Morgan fingerprint density at radius 3 is 2.08 bits per heavy atom. The molecule has 0 nitrogen and oxygen atoms in total. The normalized spacial score (nSPS) is 18.5. The molecular weight excluding hydrogens is 474 g/mol. The molecule has 0 aromatic heterocycles. The first-order valence-corrected chi connectivity index (χ1v) is 12.5. The molecule has 0 unspecified atom stereocenters. The van der Waals surface area contributed by atoms with Crippen molar-refractivity contribution in [2.45, 2.75) is 64.0 Å². The Labute approximate surface area is 208 Å². The summed E-state index contributed by atoms with van der Waals surface area (Å²) in [5.74, 6) is -2.23. The zero-order chi connectivity index (χ0) is 25.9. The van der Waals surface area contributed by atoms with Crippen molar-refractivity contribution in [1.82, 2.24) is 0 Å². The summed E-state index contributed by atoms with van der Waals surface area (Å²) in [7, 11) is 0. The van der Waals surface area contributed by atoms with Crippen LogP contribution in [0.2, 0.25) is 0 Å². The van der Waals surface area contributed by atoms with E-state index in [0.29, 0.717) is 23.1 Å². The van der Waals surface area contributed by atoms with E-state index in [1.165, 1.54) is 31.2 Å². The fourth-order valence-corrected chi connectivity index (χ4v) is 5.42. The summed E-state index contributed by atoms with van der Waals surface area (Å²) >= 11 is 0. The van der Waals surface area contributed by atoms with E-state index in [1.54, 1.807) is 12.1 Å². The van der Waals surface area contributed by atoms with Gasteiger partial charge in [0, 0.05) is 5.39 Å². The van der Waals surface area contributed by atoms with Crippen molar-refractivity contribution in [3.05, 3.63) is 94.8 Å². The molecular formula is C30H30F6. The number of hydrogen-bond donors (Lipinski definition) is 0. The zero-order valence-electron chi connectivity index (χ0n) is 20.1. The van der Waals surface area contributed by atoms with Crippen LogP contribution >= 0.6 is 0 Å². The summed E-state index contributed by atoms with van der Waals surface area (Å²) in [6, 6.07) is 10.5. The van der Waals surface area contributed by atoms with E-state index in [-0.39, 0.29) is 18.4 Å². The molecule has 3 aromatic carbocycles. The average molecular weight is 505 g/mol. The van der Waals surface area contributed by atoms with Gasteiger partial charge in [0.25, 0.3) is 0 Å². The zero-order valence-corrected chi connectivity index (χ0v) is 20.1. The van der Waals surface area contributed by atoms with Crippen LogP contribution < -0.4 is 0 Å². The van der Waals surface area contributed by atoms with Gasteiger partial charge < -0.3 is 0 Å². The molecule has 0 heterocycles. The van der Waals surface area contributed by atoms with Crippen LogP contribution in [0, 0.1) is 29.3 Å². The van der Waals surface area contributed by atoms with E-state index >= 15 is 4.39 Å². The van der Waals surface area contributed by atoms with Crippen LogP contribution in [0.25, 0.3) is 10.8 Å². The number of halogens is 6. The molecule has 192 valence electrons. The average Bonchev–Trinajstić information content (AvgIpc) is 2.82. The smallest absolute Gasteiger partial charge is 0.206 e. The van der Waals surface area contributed by atoms with E-state index in [2.05, 4.69) is 6.58 Å². The monoisotopic (exact) mass is 504 g/mol. The molecule has 0 radical (unpaired) electrons. The van der Waals surface area contributed by atoms with E-state index < -0.39 is 29.2 Å². The van der Waals surface area contributed by atoms with Crippen LogP contribution in [0.15, 0.2) is 55.1 Å². The molecule has 0 bridgehead atoms. The third-order valence-electron chi connectivity index (χ3n) is 7.47. The van der Waals surface area contributed by atoms with Crippen LogP contribution in [0.5, 0.6) is 0 Å². The lowest BCUT2D eigenvalue weighted by atomic mass is 9.78. The maximum atomic E-state index is 15.2. The minimum Gasteiger partial charge on any atom is -0.206 e. The number of rotatable bonds is 8. The molecule has 36 heavy (non-hydrogen) atoms. The van der Waals surface area contributed by atoms with Crippen LogP contribution in [0.3, 0.4) is 0 Å². The van der Waals surface area contributed by atoms with E-state index in [0.717, 1.165) is 36.5 Å². The topological polar surface area (TPSA) is 0 Å². The van der Waals surface area contributed by atoms with Crippen LogP contribution in [0.1, 0.15) is 60.8 Å². The highest BCUT2D eigenvalue weighted by molar-refractivity contribution is 5.84. The maximum absolute atomic E-state index is 15.2. The number of alkyl halides is 3. The predicted octanol–water partition coefficient (Wildman–Crippen LogP) is 9.38. The lowest BCUT2D eigenvalue weighted by molar-refractivity contribution is -0.142. The van der Waals surface area contributed by atoms with Crippen LogP contribution in [-0.2, 0) is 25.4 Å². The summed E-state index contributed by atoms with van der Waals surface area (Å²) in [4.78, 5) is 0. The summed E-state index contributed by atoms with van der Waals surface area (Å²) < 4.78 is 81.2. The Balaban J connectivity index is 1.40. The molecule has 1 fully saturated rings. The number of aryl methyl sites for hydroxylation is 3. The lowest BCUT2D eigenvalue weighted by Gasteiger charge is -2.27. The Bertz CT molecular complexity index is 1200. The highest BCUT2D eigenvalue weighted by Gasteiger charge is 2.37. The Morgan fingerprint density at radius 1 is 0.778 bits per heavy atom. The maximum Gasteiger partial charge on any atom is 0.422 e. The molecule has 1 saturated carbocycles. The van der Waals surface area contributed by atoms with Gasteiger partial charge in [-0.1, -0.05) is 49.2 Å². The molecule has 0 amide bonds. The van der Waals surface area contributed by atoms with Crippen molar-refractivity contribution >= 4 is 10.8 Å². The molecule has 0 N–H and O–H groups in total. The molecule has 1 aliphatic carbocycles. The van der Waals surface area contributed by atoms with Gasteiger partial charge in [0.2, 0.25) is 0 Å². The molecule has 3 aromatic rings. The summed E-state index contributed by atoms with van der Waals surface area (Å²) in [5, 5.41) is 1.25. The van der Waals surface area contributed by atoms with Gasteiger partial charge >= 0.3 is 6.18 Å². The first-order valence-electron chi connectivity index (χ1n) is 12.5. The first kappa shape index (κ1) is 26.3. The SMILES string of the molecule is C=CCC1CCC(CCc2ccc3c(F)c(CCc4cc(F)c(C(F)(F)F)c(F)c4)ccc3c2)CC1. The number of allylic oxidation sites excluding steroid dienone is 1. The Morgan fingerprint density at radius 2 is 1.44 bits per heavy atom. The Hall–Kier alpha value is -2.76. The second-order valence-electron chi connectivity index (χ2n) is 9.98. The van der Waals surface area contributed by atoms with Gasteiger partial charge in [0.05, 0.1) is 0 Å². The number of benzene rings is 3. The summed E-state index contributed by atoms with van der Waals surface area (Å²) in [6.45, 7) is 3.84. The molecule has 1 aliphatic rings. The number of hydrogen-bond acceptors (Lipinski definition) is 0. The predicted molar refractivity (Wildman–Crippen MR) is 131 cm³/mol. The van der Waals surface area contributed by atoms with Gasteiger partial charge in [-0.3, -0.25) is 0 Å². The fourth-order valence-electron chi connectivity index (χ4n) is 5.42. The van der Waals surface area contributed by atoms with Crippen LogP contribution in [0.4, 0.5) is 26.3 Å². The standard InChI is InChI=1S/C30H30F6/c1-2-3-19-4-6-20(7-5-19)8-9-21-11-15-25-24(16-21)14-13-23(29(25)33)12-10-22-17-26(31)28(27(32)18-22)30(34,35)36/h2,11,13-20H,1,3-10,12H2. The van der Waals surface area contributed by atoms with Gasteiger partial charge in [-0.15, -0.1) is 6.58 Å². The van der Waals surface area contributed by atoms with E-state index in [4.69, 9.17) is 0 Å². The second kappa shape index (κ2) is 11.1. The fraction of sp³-hybridized carbons (Fsp3) is 0.400. The van der Waals surface area contributed by atoms with Gasteiger partial charge in [0.15, 0.2) is 0 Å². The molecule has 0 spiro atoms. The van der Waals surface area contributed by atoms with Crippen molar-refractivity contribution in [3.8, 4) is 0 Å². The minimum atomic E-state index is -5.11. The quantitative estimate of drug-likeness (QED) is 0.212. The van der Waals surface area contributed by atoms with Crippen molar-refractivity contribution in [3.63, 3.8) is 0 Å². The molecule has 0 aliphatic heterocycles. The molecule has 0 atom stereocenters. The minimum absolute atomic E-state index is 0.0154. The second-order valence-corrected chi connectivity index (χ2v) is 9.98. The Kier molecular flexibility index (Phi) is 8.11. The van der Waals surface area contributed by atoms with Gasteiger partial charge in [-0.2, -0.15) is 13.2 Å². The van der Waals surface area contributed by atoms with E-state index in [1.807, 2.05) is 24.3 Å². The van der Waals surface area contributed by atoms with Gasteiger partial charge in [-0.25, -0.2) is 13.2 Å².